The van der Waals surface area contributed by atoms with Crippen molar-refractivity contribution >= 4 is 24.1 Å². The van der Waals surface area contributed by atoms with Crippen molar-refractivity contribution in [2.75, 3.05) is 20.7 Å². The summed E-state index contributed by atoms with van der Waals surface area (Å²) in [7, 11) is 3.43. The third kappa shape index (κ3) is 6.12. The van der Waals surface area contributed by atoms with E-state index in [1.807, 2.05) is 6.92 Å². The van der Waals surface area contributed by atoms with Crippen molar-refractivity contribution in [3.8, 4) is 0 Å². The van der Waals surface area contributed by atoms with Crippen molar-refractivity contribution in [1.82, 2.24) is 20.3 Å². The summed E-state index contributed by atoms with van der Waals surface area (Å²) in [5, 5.41) is 24.8. The first-order valence-corrected chi connectivity index (χ1v) is 8.56. The molecule has 0 spiro atoms. The van der Waals surface area contributed by atoms with Gasteiger partial charge in [0.25, 0.3) is 0 Å². The van der Waals surface area contributed by atoms with Crippen LogP contribution in [0.2, 0.25) is 0 Å². The average molecular weight is 374 g/mol. The van der Waals surface area contributed by atoms with Gasteiger partial charge >= 0.3 is 0 Å². The Morgan fingerprint density at radius 2 is 2.07 bits per heavy atom. The minimum Gasteiger partial charge on any atom is -0.508 e. The normalized spacial score (nSPS) is 15.1. The predicted octanol–water partition coefficient (Wildman–Crippen LogP) is 0.503. The number of hydrogen-bond donors (Lipinski definition) is 5. The number of imidazole rings is 1. The summed E-state index contributed by atoms with van der Waals surface area (Å²) in [4.78, 5) is 11.7. The highest BCUT2D eigenvalue weighted by molar-refractivity contribution is 5.80. The number of aliphatic imine (C=N–C) groups is 1. The Labute approximate surface area is 159 Å². The molecule has 1 heterocycles. The van der Waals surface area contributed by atoms with E-state index in [2.05, 4.69) is 26.9 Å². The molecule has 6 N–H and O–H groups in total. The van der Waals surface area contributed by atoms with E-state index in [4.69, 9.17) is 10.9 Å². The van der Waals surface area contributed by atoms with Crippen molar-refractivity contribution in [3.63, 3.8) is 0 Å². The molecule has 1 aromatic heterocycles. The summed E-state index contributed by atoms with van der Waals surface area (Å²) in [6.07, 6.45) is 5.60. The van der Waals surface area contributed by atoms with Gasteiger partial charge in [-0.3, -0.25) is 10.0 Å². The Morgan fingerprint density at radius 3 is 2.63 bits per heavy atom. The van der Waals surface area contributed by atoms with Crippen LogP contribution in [0.4, 0.5) is 0 Å². The van der Waals surface area contributed by atoms with Crippen LogP contribution in [-0.4, -0.2) is 51.7 Å². The number of rotatable bonds is 7. The first kappa shape index (κ1) is 22.2. The molecule has 0 atom stereocenters. The first-order chi connectivity index (χ1) is 12.7. The summed E-state index contributed by atoms with van der Waals surface area (Å²) in [6.45, 7) is 9.37. The van der Waals surface area contributed by atoms with Crippen LogP contribution in [0.5, 0.6) is 0 Å². The third-order valence-electron chi connectivity index (χ3n) is 4.05. The Balaban J connectivity index is 3.23. The molecule has 27 heavy (non-hydrogen) atoms. The van der Waals surface area contributed by atoms with Crippen LogP contribution in [0.15, 0.2) is 34.3 Å². The molecule has 0 aliphatic heterocycles. The lowest BCUT2D eigenvalue weighted by Crippen LogP contribution is -2.39. The second-order valence-corrected chi connectivity index (χ2v) is 6.03. The highest BCUT2D eigenvalue weighted by Gasteiger charge is 2.06. The highest BCUT2D eigenvalue weighted by Crippen LogP contribution is 2.13. The van der Waals surface area contributed by atoms with Crippen LogP contribution in [0.3, 0.4) is 0 Å². The molecule has 148 valence electrons. The summed E-state index contributed by atoms with van der Waals surface area (Å²) in [5.41, 5.74) is 1.46. The third-order valence-corrected chi connectivity index (χ3v) is 4.05. The lowest BCUT2D eigenvalue weighted by molar-refractivity contribution is 0.295. The maximum absolute atomic E-state index is 10.1. The molecule has 0 amide bonds. The monoisotopic (exact) mass is 374 g/mol. The van der Waals surface area contributed by atoms with E-state index < -0.39 is 0 Å². The quantitative estimate of drug-likeness (QED) is 0.118. The number of aromatic nitrogens is 2. The lowest BCUT2D eigenvalue weighted by Gasteiger charge is -2.20. The van der Waals surface area contributed by atoms with Crippen LogP contribution < -0.4 is 21.9 Å². The van der Waals surface area contributed by atoms with Crippen LogP contribution >= 0.6 is 0 Å². The number of hydrazine groups is 1. The number of allylic oxidation sites excluding steroid dienone is 3. The van der Waals surface area contributed by atoms with E-state index in [1.54, 1.807) is 46.2 Å². The van der Waals surface area contributed by atoms with Gasteiger partial charge in [0.2, 0.25) is 0 Å². The highest BCUT2D eigenvalue weighted by atomic mass is 16.3. The summed E-state index contributed by atoms with van der Waals surface area (Å²) < 4.78 is 0. The van der Waals surface area contributed by atoms with Crippen LogP contribution in [0, 0.1) is 0 Å². The van der Waals surface area contributed by atoms with E-state index in [1.165, 1.54) is 5.01 Å². The largest absolute Gasteiger partial charge is 0.508 e. The lowest BCUT2D eigenvalue weighted by atomic mass is 10.1. The topological polar surface area (TPSA) is 123 Å². The number of aliphatic hydroxyl groups excluding tert-OH is 2. The molecular weight excluding hydrogens is 344 g/mol. The molecule has 0 aliphatic carbocycles. The van der Waals surface area contributed by atoms with E-state index >= 15 is 0 Å². The zero-order valence-electron chi connectivity index (χ0n) is 16.7. The fourth-order valence-electron chi connectivity index (χ4n) is 2.16. The number of nitrogens with one attached hydrogen (secondary N) is 2. The molecule has 0 saturated heterocycles. The van der Waals surface area contributed by atoms with E-state index in [0.29, 0.717) is 40.2 Å². The Kier molecular flexibility index (Phi) is 8.50. The van der Waals surface area contributed by atoms with Gasteiger partial charge < -0.3 is 20.5 Å². The fourth-order valence-corrected chi connectivity index (χ4v) is 2.16. The van der Waals surface area contributed by atoms with Gasteiger partial charge in [-0.25, -0.2) is 10.8 Å². The van der Waals surface area contributed by atoms with Gasteiger partial charge in [0.15, 0.2) is 0 Å². The molecule has 8 heteroatoms. The molecule has 1 aromatic rings. The molecule has 0 aliphatic rings. The maximum atomic E-state index is 10.1. The number of aliphatic hydroxyl groups is 2. The SMILES string of the molecule is C=c1[nH]c(/C(C)=C/C(O)=C(/C)CCO)n/c1=C/C=C(\NC)N(N)C(C)=NC. The standard InChI is InChI=1S/C19H30N6O2/c1-12(9-10-26)17(27)11-13(2)19-23-14(3)16(24-19)7-8-18(22-6)25(20)15(4)21-5/h7-8,11,22,26-27H,3,9-10,20H2,1-2,4-6H3,(H,23,24)/b13-11+,16-7+,17-12+,18-8+,21-15?. The number of H-pyrrole nitrogens is 1. The van der Waals surface area contributed by atoms with Gasteiger partial charge in [-0.15, -0.1) is 0 Å². The molecule has 0 unspecified atom stereocenters. The van der Waals surface area contributed by atoms with Crippen molar-refractivity contribution in [1.29, 1.82) is 0 Å². The maximum Gasteiger partial charge on any atom is 0.134 e. The average Bonchev–Trinajstić information content (AvgIpc) is 3.02. The molecule has 0 bridgehead atoms. The minimum absolute atomic E-state index is 0.00776. The molecule has 0 saturated carbocycles. The van der Waals surface area contributed by atoms with Crippen LogP contribution in [0.1, 0.15) is 33.0 Å². The molecule has 1 rings (SSSR count). The van der Waals surface area contributed by atoms with Gasteiger partial charge in [-0.05, 0) is 56.6 Å². The summed E-state index contributed by atoms with van der Waals surface area (Å²) >= 11 is 0. The number of nitrogens with zero attached hydrogens (tertiary/aromatic N) is 3. The Morgan fingerprint density at radius 1 is 1.41 bits per heavy atom. The second kappa shape index (κ2) is 10.3. The minimum atomic E-state index is -0.00776. The zero-order valence-corrected chi connectivity index (χ0v) is 16.7. The molecule has 0 radical (unpaired) electrons. The number of aromatic amines is 1. The van der Waals surface area contributed by atoms with Crippen molar-refractivity contribution in [3.05, 3.63) is 45.8 Å². The molecular formula is C19H30N6O2. The smallest absolute Gasteiger partial charge is 0.134 e. The van der Waals surface area contributed by atoms with Crippen molar-refractivity contribution in [2.24, 2.45) is 10.8 Å². The van der Waals surface area contributed by atoms with E-state index in [0.717, 1.165) is 5.57 Å². The molecule has 8 nitrogen and oxygen atoms in total. The van der Waals surface area contributed by atoms with Gasteiger partial charge in [-0.2, -0.15) is 0 Å². The van der Waals surface area contributed by atoms with Crippen LogP contribution in [0.25, 0.3) is 18.2 Å². The first-order valence-electron chi connectivity index (χ1n) is 8.56. The summed E-state index contributed by atoms with van der Waals surface area (Å²) in [5.74, 6) is 8.02. The van der Waals surface area contributed by atoms with E-state index in [9.17, 15) is 5.11 Å². The number of hydrogen-bond acceptors (Lipinski definition) is 6. The Hall–Kier alpha value is -2.84. The predicted molar refractivity (Wildman–Crippen MR) is 111 cm³/mol. The number of nitrogens with two attached hydrogens (primary N) is 1. The van der Waals surface area contributed by atoms with Gasteiger partial charge in [0, 0.05) is 20.7 Å². The van der Waals surface area contributed by atoms with Gasteiger partial charge in [0.05, 0.1) is 10.7 Å². The van der Waals surface area contributed by atoms with Crippen molar-refractivity contribution in [2.45, 2.75) is 27.2 Å². The number of amidine groups is 1. The van der Waals surface area contributed by atoms with Gasteiger partial charge in [0.1, 0.15) is 23.2 Å². The van der Waals surface area contributed by atoms with Crippen LogP contribution in [-0.2, 0) is 0 Å². The van der Waals surface area contributed by atoms with Gasteiger partial charge in [-0.1, -0.05) is 6.58 Å². The van der Waals surface area contributed by atoms with E-state index in [-0.39, 0.29) is 12.4 Å². The summed E-state index contributed by atoms with van der Waals surface area (Å²) in [6, 6.07) is 0. The van der Waals surface area contributed by atoms with Crippen molar-refractivity contribution < 1.29 is 10.2 Å². The Bertz CT molecular complexity index is 877. The zero-order chi connectivity index (χ0) is 20.6. The fraction of sp³-hybridized carbons (Fsp3) is 0.368. The molecule has 0 aromatic carbocycles. The second-order valence-electron chi connectivity index (χ2n) is 6.03. The molecule has 0 fully saturated rings.